The number of aromatic amines is 1. The SMILES string of the molecule is O=C(c1[nH]cnc1-c1ccccc1)N1CCO[C@H](c2ccc(Cl)cc2)C1. The van der Waals surface area contributed by atoms with Crippen LogP contribution < -0.4 is 0 Å². The van der Waals surface area contributed by atoms with E-state index in [4.69, 9.17) is 16.3 Å². The summed E-state index contributed by atoms with van der Waals surface area (Å²) in [5.41, 5.74) is 3.11. The molecule has 1 N–H and O–H groups in total. The molecule has 1 aliphatic rings. The smallest absolute Gasteiger partial charge is 0.272 e. The number of morpholine rings is 1. The maximum Gasteiger partial charge on any atom is 0.272 e. The molecular weight excluding hydrogens is 350 g/mol. The second kappa shape index (κ2) is 7.32. The van der Waals surface area contributed by atoms with Crippen molar-refractivity contribution in [2.24, 2.45) is 0 Å². The molecule has 132 valence electrons. The average molecular weight is 368 g/mol. The summed E-state index contributed by atoms with van der Waals surface area (Å²) in [6.07, 6.45) is 1.40. The Labute approximate surface area is 156 Å². The summed E-state index contributed by atoms with van der Waals surface area (Å²) in [5.74, 6) is -0.0661. The Bertz CT molecular complexity index is 893. The molecule has 3 aromatic rings. The molecule has 0 bridgehead atoms. The van der Waals surface area contributed by atoms with E-state index in [0.29, 0.717) is 36.1 Å². The lowest BCUT2D eigenvalue weighted by Crippen LogP contribution is -2.42. The molecule has 2 heterocycles. The first-order chi connectivity index (χ1) is 12.7. The molecule has 0 radical (unpaired) electrons. The predicted octanol–water partition coefficient (Wildman–Crippen LogP) is 3.94. The van der Waals surface area contributed by atoms with Crippen molar-refractivity contribution in [2.75, 3.05) is 19.7 Å². The summed E-state index contributed by atoms with van der Waals surface area (Å²) in [4.78, 5) is 22.2. The first kappa shape index (κ1) is 16.8. The number of hydrogen-bond acceptors (Lipinski definition) is 3. The van der Waals surface area contributed by atoms with Gasteiger partial charge >= 0.3 is 0 Å². The van der Waals surface area contributed by atoms with Gasteiger partial charge in [-0.05, 0) is 17.7 Å². The molecule has 5 nitrogen and oxygen atoms in total. The molecule has 0 spiro atoms. The van der Waals surface area contributed by atoms with Crippen molar-refractivity contribution in [1.82, 2.24) is 14.9 Å². The quantitative estimate of drug-likeness (QED) is 0.762. The van der Waals surface area contributed by atoms with Gasteiger partial charge in [0.2, 0.25) is 0 Å². The average Bonchev–Trinajstić information content (AvgIpc) is 3.18. The third kappa shape index (κ3) is 3.36. The van der Waals surface area contributed by atoms with E-state index >= 15 is 0 Å². The lowest BCUT2D eigenvalue weighted by molar-refractivity contribution is -0.0229. The lowest BCUT2D eigenvalue weighted by atomic mass is 10.1. The van der Waals surface area contributed by atoms with E-state index in [2.05, 4.69) is 9.97 Å². The first-order valence-corrected chi connectivity index (χ1v) is 8.85. The van der Waals surface area contributed by atoms with Crippen LogP contribution in [0.25, 0.3) is 11.3 Å². The standard InChI is InChI=1S/C20H18ClN3O2/c21-16-8-6-14(7-9-16)17-12-24(10-11-26-17)20(25)19-18(22-13-23-19)15-4-2-1-3-5-15/h1-9,13,17H,10-12H2,(H,22,23)/t17-/m0/s1. The van der Waals surface area contributed by atoms with Gasteiger partial charge < -0.3 is 14.6 Å². The number of nitrogens with one attached hydrogen (secondary N) is 1. The van der Waals surface area contributed by atoms with E-state index in [0.717, 1.165) is 11.1 Å². The van der Waals surface area contributed by atoms with Gasteiger partial charge in [-0.15, -0.1) is 0 Å². The summed E-state index contributed by atoms with van der Waals surface area (Å²) in [5, 5.41) is 0.683. The number of rotatable bonds is 3. The Morgan fingerprint density at radius 2 is 1.92 bits per heavy atom. The number of nitrogens with zero attached hydrogens (tertiary/aromatic N) is 2. The second-order valence-corrected chi connectivity index (χ2v) is 6.59. The molecule has 0 saturated carbocycles. The van der Waals surface area contributed by atoms with E-state index in [-0.39, 0.29) is 12.0 Å². The number of aromatic nitrogens is 2. The second-order valence-electron chi connectivity index (χ2n) is 6.15. The van der Waals surface area contributed by atoms with Crippen LogP contribution in [0.1, 0.15) is 22.2 Å². The van der Waals surface area contributed by atoms with Crippen LogP contribution in [0, 0.1) is 0 Å². The van der Waals surface area contributed by atoms with Gasteiger partial charge in [-0.3, -0.25) is 4.79 Å². The van der Waals surface area contributed by atoms with Crippen LogP contribution in [-0.4, -0.2) is 40.5 Å². The van der Waals surface area contributed by atoms with Crippen molar-refractivity contribution in [2.45, 2.75) is 6.10 Å². The minimum absolute atomic E-state index is 0.0661. The van der Waals surface area contributed by atoms with E-state index in [1.54, 1.807) is 6.33 Å². The van der Waals surface area contributed by atoms with Crippen LogP contribution in [0.15, 0.2) is 60.9 Å². The highest BCUT2D eigenvalue weighted by molar-refractivity contribution is 6.30. The van der Waals surface area contributed by atoms with Gasteiger partial charge in [0.1, 0.15) is 17.5 Å². The molecule has 2 aromatic carbocycles. The van der Waals surface area contributed by atoms with Gasteiger partial charge in [-0.1, -0.05) is 54.1 Å². The van der Waals surface area contributed by atoms with Crippen LogP contribution in [0.5, 0.6) is 0 Å². The summed E-state index contributed by atoms with van der Waals surface area (Å²) in [6.45, 7) is 1.54. The van der Waals surface area contributed by atoms with Crippen molar-refractivity contribution < 1.29 is 9.53 Å². The van der Waals surface area contributed by atoms with Crippen molar-refractivity contribution in [3.63, 3.8) is 0 Å². The van der Waals surface area contributed by atoms with E-state index in [9.17, 15) is 4.79 Å². The molecule has 4 rings (SSSR count). The van der Waals surface area contributed by atoms with Crippen LogP contribution in [-0.2, 0) is 4.74 Å². The Morgan fingerprint density at radius 3 is 2.69 bits per heavy atom. The third-order valence-electron chi connectivity index (χ3n) is 4.50. The Morgan fingerprint density at radius 1 is 1.15 bits per heavy atom. The number of H-pyrrole nitrogens is 1. The minimum atomic E-state index is -0.159. The zero-order valence-corrected chi connectivity index (χ0v) is 14.8. The molecule has 1 saturated heterocycles. The highest BCUT2D eigenvalue weighted by atomic mass is 35.5. The highest BCUT2D eigenvalue weighted by Gasteiger charge is 2.28. The number of halogens is 1. The molecule has 0 unspecified atom stereocenters. The number of carbonyl (C=O) groups excluding carboxylic acids is 1. The van der Waals surface area contributed by atoms with Crippen LogP contribution in [0.4, 0.5) is 0 Å². The van der Waals surface area contributed by atoms with Crippen molar-refractivity contribution >= 4 is 17.5 Å². The molecular formula is C20H18ClN3O2. The molecule has 1 fully saturated rings. The van der Waals surface area contributed by atoms with E-state index < -0.39 is 0 Å². The van der Waals surface area contributed by atoms with Gasteiger partial charge in [0.25, 0.3) is 5.91 Å². The topological polar surface area (TPSA) is 58.2 Å². The van der Waals surface area contributed by atoms with Gasteiger partial charge in [0.05, 0.1) is 19.5 Å². The molecule has 1 atom stereocenters. The maximum atomic E-state index is 13.1. The van der Waals surface area contributed by atoms with Gasteiger partial charge in [-0.25, -0.2) is 4.98 Å². The maximum absolute atomic E-state index is 13.1. The fourth-order valence-electron chi connectivity index (χ4n) is 3.14. The fourth-order valence-corrected chi connectivity index (χ4v) is 3.27. The molecule has 1 amide bonds. The van der Waals surface area contributed by atoms with Crippen LogP contribution in [0.3, 0.4) is 0 Å². The van der Waals surface area contributed by atoms with Gasteiger partial charge in [0, 0.05) is 17.1 Å². The normalized spacial score (nSPS) is 17.3. The summed E-state index contributed by atoms with van der Waals surface area (Å²) in [7, 11) is 0. The van der Waals surface area contributed by atoms with Gasteiger partial charge in [-0.2, -0.15) is 0 Å². The summed E-state index contributed by atoms with van der Waals surface area (Å²) >= 11 is 5.96. The monoisotopic (exact) mass is 367 g/mol. The van der Waals surface area contributed by atoms with E-state index in [1.807, 2.05) is 59.5 Å². The number of benzene rings is 2. The highest BCUT2D eigenvalue weighted by Crippen LogP contribution is 2.26. The largest absolute Gasteiger partial charge is 0.370 e. The molecule has 1 aliphatic heterocycles. The van der Waals surface area contributed by atoms with Crippen LogP contribution in [0.2, 0.25) is 5.02 Å². The predicted molar refractivity (Wildman–Crippen MR) is 100 cm³/mol. The lowest BCUT2D eigenvalue weighted by Gasteiger charge is -2.33. The molecule has 0 aliphatic carbocycles. The molecule has 6 heteroatoms. The van der Waals surface area contributed by atoms with Crippen molar-refractivity contribution in [3.8, 4) is 11.3 Å². The Kier molecular flexibility index (Phi) is 4.73. The van der Waals surface area contributed by atoms with Crippen LogP contribution >= 0.6 is 11.6 Å². The summed E-state index contributed by atoms with van der Waals surface area (Å²) in [6, 6.07) is 17.3. The molecule has 1 aromatic heterocycles. The zero-order valence-electron chi connectivity index (χ0n) is 14.1. The van der Waals surface area contributed by atoms with Gasteiger partial charge in [0.15, 0.2) is 0 Å². The van der Waals surface area contributed by atoms with E-state index in [1.165, 1.54) is 0 Å². The number of carbonyl (C=O) groups is 1. The summed E-state index contributed by atoms with van der Waals surface area (Å²) < 4.78 is 5.85. The van der Waals surface area contributed by atoms with Crippen molar-refractivity contribution in [1.29, 1.82) is 0 Å². The first-order valence-electron chi connectivity index (χ1n) is 8.47. The third-order valence-corrected chi connectivity index (χ3v) is 4.75. The fraction of sp³-hybridized carbons (Fsp3) is 0.200. The Balaban J connectivity index is 1.55. The number of hydrogen-bond donors (Lipinski definition) is 1. The minimum Gasteiger partial charge on any atom is -0.370 e. The number of imidazole rings is 1. The number of ether oxygens (including phenoxy) is 1. The number of amides is 1. The molecule has 26 heavy (non-hydrogen) atoms. The zero-order chi connectivity index (χ0) is 17.9. The van der Waals surface area contributed by atoms with Crippen molar-refractivity contribution in [3.05, 3.63) is 77.2 Å². The Hall–Kier alpha value is -2.63.